The van der Waals surface area contributed by atoms with Crippen molar-refractivity contribution in [2.24, 2.45) is 11.3 Å². The summed E-state index contributed by atoms with van der Waals surface area (Å²) in [5.41, 5.74) is 3.47. The number of nitrogens with zero attached hydrogens (tertiary/aromatic N) is 2. The van der Waals surface area contributed by atoms with E-state index >= 15 is 0 Å². The fourth-order valence-electron chi connectivity index (χ4n) is 2.74. The van der Waals surface area contributed by atoms with E-state index in [-0.39, 0.29) is 17.2 Å². The lowest BCUT2D eigenvalue weighted by Crippen LogP contribution is -2.35. The van der Waals surface area contributed by atoms with E-state index in [0.29, 0.717) is 23.8 Å². The Labute approximate surface area is 125 Å². The van der Waals surface area contributed by atoms with Crippen LogP contribution in [0.4, 0.5) is 5.69 Å². The summed E-state index contributed by atoms with van der Waals surface area (Å²) < 4.78 is 0. The van der Waals surface area contributed by atoms with E-state index in [1.807, 2.05) is 13.8 Å². The van der Waals surface area contributed by atoms with E-state index < -0.39 is 0 Å². The maximum atomic E-state index is 12.4. The van der Waals surface area contributed by atoms with E-state index in [0.717, 1.165) is 12.8 Å². The third kappa shape index (κ3) is 3.69. The van der Waals surface area contributed by atoms with Crippen molar-refractivity contribution in [3.8, 4) is 0 Å². The van der Waals surface area contributed by atoms with Crippen LogP contribution in [0, 0.1) is 5.41 Å². The minimum Gasteiger partial charge on any atom is -0.350 e. The highest BCUT2D eigenvalue weighted by atomic mass is 16.1. The van der Waals surface area contributed by atoms with Crippen LogP contribution < -0.4 is 16.6 Å². The Balaban J connectivity index is 2.11. The number of hydrogen-bond acceptors (Lipinski definition) is 5. The molecule has 1 aromatic rings. The Morgan fingerprint density at radius 2 is 2.10 bits per heavy atom. The first-order valence-electron chi connectivity index (χ1n) is 7.57. The van der Waals surface area contributed by atoms with Gasteiger partial charge in [-0.3, -0.25) is 10.6 Å². The number of rotatable bonds is 5. The molecule has 0 bridgehead atoms. The van der Waals surface area contributed by atoms with E-state index in [9.17, 15) is 4.79 Å². The molecule has 0 aliphatic heterocycles. The van der Waals surface area contributed by atoms with E-state index in [1.165, 1.54) is 12.8 Å². The number of aromatic nitrogens is 2. The number of anilines is 1. The molecule has 1 heterocycles. The van der Waals surface area contributed by atoms with Gasteiger partial charge in [0.05, 0.1) is 11.9 Å². The predicted octanol–water partition coefficient (Wildman–Crippen LogP) is 2.20. The Morgan fingerprint density at radius 3 is 2.67 bits per heavy atom. The van der Waals surface area contributed by atoms with Gasteiger partial charge < -0.3 is 10.7 Å². The molecular formula is C15H25N5O. The average molecular weight is 291 g/mol. The topological polar surface area (TPSA) is 92.9 Å². The molecule has 1 fully saturated rings. The van der Waals surface area contributed by atoms with Gasteiger partial charge in [-0.15, -0.1) is 0 Å². The monoisotopic (exact) mass is 291 g/mol. The fourth-order valence-corrected chi connectivity index (χ4v) is 2.74. The highest BCUT2D eigenvalue weighted by molar-refractivity contribution is 5.97. The number of carbonyl (C=O) groups excluding carboxylic acids is 1. The minimum absolute atomic E-state index is 0.163. The van der Waals surface area contributed by atoms with E-state index in [1.54, 1.807) is 6.20 Å². The number of hydrogen-bond donors (Lipinski definition) is 3. The lowest BCUT2D eigenvalue weighted by molar-refractivity contribution is 0.0929. The summed E-state index contributed by atoms with van der Waals surface area (Å²) in [6, 6.07) is 0. The molecule has 0 radical (unpaired) electrons. The highest BCUT2D eigenvalue weighted by Gasteiger charge is 2.29. The number of nitrogens with one attached hydrogen (secondary N) is 2. The Morgan fingerprint density at radius 1 is 1.43 bits per heavy atom. The number of hydrazine groups is 1. The van der Waals surface area contributed by atoms with Crippen LogP contribution in [0.3, 0.4) is 0 Å². The maximum Gasteiger partial charge on any atom is 0.272 e. The molecule has 0 unspecified atom stereocenters. The zero-order chi connectivity index (χ0) is 15.5. The minimum atomic E-state index is -0.194. The van der Waals surface area contributed by atoms with Crippen molar-refractivity contribution in [2.75, 3.05) is 12.0 Å². The molecule has 1 aliphatic rings. The molecule has 2 rings (SSSR count). The largest absolute Gasteiger partial charge is 0.350 e. The SMILES string of the molecule is CC(C)c1ncc(NN)c(C(=O)NCC2(C)CCCC2)n1. The standard InChI is InChI=1S/C15H25N5O/c1-10(2)13-17-8-11(20-16)12(19-13)14(21)18-9-15(3)6-4-5-7-15/h8,10,20H,4-7,9,16H2,1-3H3,(H,18,21). The van der Waals surface area contributed by atoms with Crippen molar-refractivity contribution >= 4 is 11.6 Å². The Hall–Kier alpha value is -1.69. The molecule has 116 valence electrons. The summed E-state index contributed by atoms with van der Waals surface area (Å²) in [6.07, 6.45) is 6.38. The van der Waals surface area contributed by atoms with E-state index in [4.69, 9.17) is 5.84 Å². The van der Waals surface area contributed by atoms with Gasteiger partial charge in [0.1, 0.15) is 5.82 Å². The van der Waals surface area contributed by atoms with Crippen molar-refractivity contribution in [3.63, 3.8) is 0 Å². The van der Waals surface area contributed by atoms with Crippen molar-refractivity contribution in [2.45, 2.75) is 52.4 Å². The zero-order valence-electron chi connectivity index (χ0n) is 13.1. The average Bonchev–Trinajstić information content (AvgIpc) is 2.91. The predicted molar refractivity (Wildman–Crippen MR) is 82.8 cm³/mol. The third-order valence-electron chi connectivity index (χ3n) is 4.18. The smallest absolute Gasteiger partial charge is 0.272 e. The first-order valence-corrected chi connectivity index (χ1v) is 7.57. The molecule has 1 amide bonds. The summed E-state index contributed by atoms with van der Waals surface area (Å²) in [7, 11) is 0. The van der Waals surface area contributed by atoms with Crippen LogP contribution in [-0.4, -0.2) is 22.4 Å². The van der Waals surface area contributed by atoms with Crippen LogP contribution in [0.1, 0.15) is 68.7 Å². The van der Waals surface area contributed by atoms with Crippen molar-refractivity contribution in [3.05, 3.63) is 17.7 Å². The van der Waals surface area contributed by atoms with E-state index in [2.05, 4.69) is 27.6 Å². The Kier molecular flexibility index (Phi) is 4.77. The fraction of sp³-hybridized carbons (Fsp3) is 0.667. The lowest BCUT2D eigenvalue weighted by atomic mass is 9.89. The number of amides is 1. The van der Waals surface area contributed by atoms with Crippen molar-refractivity contribution in [1.82, 2.24) is 15.3 Å². The van der Waals surface area contributed by atoms with Crippen LogP contribution in [0.25, 0.3) is 0 Å². The zero-order valence-corrected chi connectivity index (χ0v) is 13.1. The summed E-state index contributed by atoms with van der Waals surface area (Å²) in [6.45, 7) is 6.89. The van der Waals surface area contributed by atoms with Gasteiger partial charge in [-0.2, -0.15) is 0 Å². The first-order chi connectivity index (χ1) is 9.95. The number of nitrogens with two attached hydrogens (primary N) is 1. The van der Waals surface area contributed by atoms with Crippen LogP contribution >= 0.6 is 0 Å². The molecule has 0 atom stereocenters. The second-order valence-corrected chi connectivity index (χ2v) is 6.49. The molecule has 1 aliphatic carbocycles. The lowest BCUT2D eigenvalue weighted by Gasteiger charge is -2.23. The molecule has 21 heavy (non-hydrogen) atoms. The first kappa shape index (κ1) is 15.7. The van der Waals surface area contributed by atoms with Crippen molar-refractivity contribution in [1.29, 1.82) is 0 Å². The highest BCUT2D eigenvalue weighted by Crippen LogP contribution is 2.36. The van der Waals surface area contributed by atoms with Crippen LogP contribution in [0.5, 0.6) is 0 Å². The summed E-state index contributed by atoms with van der Waals surface area (Å²) in [5, 5.41) is 3.00. The molecule has 0 saturated heterocycles. The molecule has 0 spiro atoms. The molecule has 0 aromatic carbocycles. The maximum absolute atomic E-state index is 12.4. The van der Waals surface area contributed by atoms with Gasteiger partial charge in [0.25, 0.3) is 5.91 Å². The number of nitrogen functional groups attached to an aromatic ring is 1. The molecule has 4 N–H and O–H groups in total. The van der Waals surface area contributed by atoms with Gasteiger partial charge in [-0.1, -0.05) is 33.6 Å². The molecule has 6 nitrogen and oxygen atoms in total. The van der Waals surface area contributed by atoms with Crippen LogP contribution in [-0.2, 0) is 0 Å². The summed E-state index contributed by atoms with van der Waals surface area (Å²) in [4.78, 5) is 21.0. The van der Waals surface area contributed by atoms with Gasteiger partial charge in [0.2, 0.25) is 0 Å². The molecular weight excluding hydrogens is 266 g/mol. The summed E-state index contributed by atoms with van der Waals surface area (Å²) in [5.74, 6) is 6.06. The van der Waals surface area contributed by atoms with Gasteiger partial charge in [-0.05, 0) is 18.3 Å². The second-order valence-electron chi connectivity index (χ2n) is 6.49. The second kappa shape index (κ2) is 6.39. The van der Waals surface area contributed by atoms with Crippen molar-refractivity contribution < 1.29 is 4.79 Å². The number of carbonyl (C=O) groups is 1. The van der Waals surface area contributed by atoms with Crippen LogP contribution in [0.15, 0.2) is 6.20 Å². The summed E-state index contributed by atoms with van der Waals surface area (Å²) >= 11 is 0. The Bertz CT molecular complexity index is 509. The normalized spacial score (nSPS) is 17.0. The van der Waals surface area contributed by atoms with Crippen LogP contribution in [0.2, 0.25) is 0 Å². The molecule has 1 saturated carbocycles. The molecule has 1 aromatic heterocycles. The quantitative estimate of drug-likeness (QED) is 0.571. The van der Waals surface area contributed by atoms with Gasteiger partial charge in [0, 0.05) is 12.5 Å². The molecule has 6 heteroatoms. The van der Waals surface area contributed by atoms with Gasteiger partial charge >= 0.3 is 0 Å². The third-order valence-corrected chi connectivity index (χ3v) is 4.18. The van der Waals surface area contributed by atoms with Gasteiger partial charge in [-0.25, -0.2) is 9.97 Å². The van der Waals surface area contributed by atoms with Gasteiger partial charge in [0.15, 0.2) is 5.69 Å².